The van der Waals surface area contributed by atoms with Crippen LogP contribution in [0.1, 0.15) is 44.2 Å². The molecule has 3 rings (SSSR count). The highest BCUT2D eigenvalue weighted by molar-refractivity contribution is 5.76. The van der Waals surface area contributed by atoms with Gasteiger partial charge in [0.2, 0.25) is 0 Å². The molecule has 0 radical (unpaired) electrons. The van der Waals surface area contributed by atoms with Crippen molar-refractivity contribution in [3.05, 3.63) is 72.1 Å². The van der Waals surface area contributed by atoms with Crippen molar-refractivity contribution in [3.63, 3.8) is 0 Å². The Morgan fingerprint density at radius 2 is 2.00 bits per heavy atom. The van der Waals surface area contributed by atoms with Crippen molar-refractivity contribution >= 4 is 17.0 Å². The largest absolute Gasteiger partial charge is 0.489 e. The summed E-state index contributed by atoms with van der Waals surface area (Å²) in [5.41, 5.74) is 2.98. The molecule has 0 aliphatic rings. The molecule has 1 N–H and O–H groups in total. The molecule has 5 heteroatoms. The van der Waals surface area contributed by atoms with Crippen LogP contribution in [0.25, 0.3) is 11.0 Å². The van der Waals surface area contributed by atoms with Crippen molar-refractivity contribution in [2.24, 2.45) is 5.92 Å². The summed E-state index contributed by atoms with van der Waals surface area (Å²) in [5, 5.41) is 10.2. The van der Waals surface area contributed by atoms with Gasteiger partial charge < -0.3 is 14.4 Å². The zero-order valence-electron chi connectivity index (χ0n) is 17.2. The Kier molecular flexibility index (Phi) is 6.70. The highest BCUT2D eigenvalue weighted by atomic mass is 16.5. The summed E-state index contributed by atoms with van der Waals surface area (Å²) >= 11 is 0. The quantitative estimate of drug-likeness (QED) is 0.495. The highest BCUT2D eigenvalue weighted by Crippen LogP contribution is 2.25. The second-order valence-electron chi connectivity index (χ2n) is 7.71. The van der Waals surface area contributed by atoms with Crippen molar-refractivity contribution in [2.45, 2.75) is 46.3 Å². The van der Waals surface area contributed by atoms with Gasteiger partial charge >= 0.3 is 5.97 Å². The number of benzene rings is 1. The number of allylic oxidation sites excluding steroid dienone is 2. The maximum absolute atomic E-state index is 11.1. The number of carboxylic acids is 1. The third kappa shape index (κ3) is 5.47. The summed E-state index contributed by atoms with van der Waals surface area (Å²) in [7, 11) is 0. The Labute approximate surface area is 171 Å². The lowest BCUT2D eigenvalue weighted by molar-refractivity contribution is -0.137. The van der Waals surface area contributed by atoms with E-state index < -0.39 is 5.97 Å². The number of fused-ring (bicyclic) bond motifs is 1. The van der Waals surface area contributed by atoms with E-state index in [1.807, 2.05) is 49.5 Å². The average molecular weight is 392 g/mol. The lowest BCUT2D eigenvalue weighted by Crippen LogP contribution is -2.04. The van der Waals surface area contributed by atoms with Gasteiger partial charge in [0.15, 0.2) is 0 Å². The van der Waals surface area contributed by atoms with Crippen LogP contribution < -0.4 is 4.74 Å². The van der Waals surface area contributed by atoms with Gasteiger partial charge in [-0.15, -0.1) is 0 Å². The van der Waals surface area contributed by atoms with Crippen molar-refractivity contribution in [1.29, 1.82) is 0 Å². The Hall–Kier alpha value is -3.08. The van der Waals surface area contributed by atoms with Gasteiger partial charge in [-0.2, -0.15) is 0 Å². The Morgan fingerprint density at radius 3 is 2.66 bits per heavy atom. The van der Waals surface area contributed by atoms with E-state index in [2.05, 4.69) is 41.7 Å². The lowest BCUT2D eigenvalue weighted by Gasteiger charge is -2.12. The van der Waals surface area contributed by atoms with Crippen LogP contribution in [0.15, 0.2) is 60.9 Å². The molecule has 2 aromatic heterocycles. The van der Waals surface area contributed by atoms with Gasteiger partial charge in [0.05, 0.1) is 6.42 Å². The van der Waals surface area contributed by atoms with E-state index in [0.29, 0.717) is 12.5 Å². The molecule has 0 saturated carbocycles. The smallest absolute Gasteiger partial charge is 0.304 e. The number of ether oxygens (including phenoxy) is 1. The van der Waals surface area contributed by atoms with Crippen LogP contribution in [-0.4, -0.2) is 20.6 Å². The zero-order chi connectivity index (χ0) is 20.8. The second-order valence-corrected chi connectivity index (χ2v) is 7.71. The molecule has 0 spiro atoms. The summed E-state index contributed by atoms with van der Waals surface area (Å²) in [4.78, 5) is 15.7. The van der Waals surface area contributed by atoms with Crippen LogP contribution >= 0.6 is 0 Å². The minimum absolute atomic E-state index is 0.0761. The van der Waals surface area contributed by atoms with Crippen LogP contribution in [0.2, 0.25) is 0 Å². The Balaban J connectivity index is 1.66. The summed E-state index contributed by atoms with van der Waals surface area (Å²) < 4.78 is 8.09. The second kappa shape index (κ2) is 9.41. The number of carbonyl (C=O) groups is 1. The lowest BCUT2D eigenvalue weighted by atomic mass is 9.95. The molecule has 2 heterocycles. The monoisotopic (exact) mass is 392 g/mol. The molecule has 0 fully saturated rings. The molecule has 5 nitrogen and oxygen atoms in total. The van der Waals surface area contributed by atoms with Crippen LogP contribution in [0.3, 0.4) is 0 Å². The maximum atomic E-state index is 11.1. The minimum atomic E-state index is -0.807. The Morgan fingerprint density at radius 1 is 1.24 bits per heavy atom. The first kappa shape index (κ1) is 20.6. The molecule has 3 aromatic rings. The molecular formula is C24H28N2O3. The van der Waals surface area contributed by atoms with Gasteiger partial charge in [0.1, 0.15) is 18.0 Å². The van der Waals surface area contributed by atoms with E-state index in [9.17, 15) is 4.79 Å². The fourth-order valence-electron chi connectivity index (χ4n) is 3.44. The van der Waals surface area contributed by atoms with E-state index in [1.54, 1.807) is 0 Å². The number of rotatable bonds is 9. The van der Waals surface area contributed by atoms with Gasteiger partial charge in [0, 0.05) is 35.8 Å². The molecule has 0 bridgehead atoms. The molecule has 152 valence electrons. The molecule has 0 aliphatic heterocycles. The van der Waals surface area contributed by atoms with Gasteiger partial charge in [0.25, 0.3) is 0 Å². The third-order valence-corrected chi connectivity index (χ3v) is 4.75. The Bertz CT molecular complexity index is 987. The van der Waals surface area contributed by atoms with Crippen LogP contribution in [0.4, 0.5) is 0 Å². The number of hydrogen-bond donors (Lipinski definition) is 1. The molecule has 1 aromatic carbocycles. The average Bonchev–Trinajstić information content (AvgIpc) is 3.07. The van der Waals surface area contributed by atoms with Gasteiger partial charge in [-0.25, -0.2) is 4.98 Å². The number of hydrogen-bond acceptors (Lipinski definition) is 3. The molecule has 0 amide bonds. The summed E-state index contributed by atoms with van der Waals surface area (Å²) in [5.74, 6) is 0.383. The molecule has 0 saturated heterocycles. The number of aromatic nitrogens is 2. The first-order valence-corrected chi connectivity index (χ1v) is 9.97. The molecule has 29 heavy (non-hydrogen) atoms. The summed E-state index contributed by atoms with van der Waals surface area (Å²) in [6, 6.07) is 11.8. The maximum Gasteiger partial charge on any atom is 0.304 e. The zero-order valence-corrected chi connectivity index (χ0v) is 17.2. The van der Waals surface area contributed by atoms with Gasteiger partial charge in [-0.05, 0) is 42.7 Å². The van der Waals surface area contributed by atoms with Crippen molar-refractivity contribution in [2.75, 3.05) is 0 Å². The SMILES string of the molecule is CC=C[C@H](CC(=O)O)c1ccc(OCc2cnc3c(ccn3CC(C)C)c2)cc1. The molecule has 0 unspecified atom stereocenters. The molecular weight excluding hydrogens is 364 g/mol. The van der Waals surface area contributed by atoms with Crippen LogP contribution in [0, 0.1) is 5.92 Å². The predicted molar refractivity (Wildman–Crippen MR) is 115 cm³/mol. The van der Waals surface area contributed by atoms with Crippen molar-refractivity contribution in [1.82, 2.24) is 9.55 Å². The number of carboxylic acid groups (broad SMARTS) is 1. The topological polar surface area (TPSA) is 64.3 Å². The number of aliphatic carboxylic acids is 1. The van der Waals surface area contributed by atoms with E-state index in [0.717, 1.165) is 34.5 Å². The van der Waals surface area contributed by atoms with Crippen LogP contribution in [-0.2, 0) is 17.9 Å². The molecule has 0 aliphatic carbocycles. The van der Waals surface area contributed by atoms with Crippen LogP contribution in [0.5, 0.6) is 5.75 Å². The third-order valence-electron chi connectivity index (χ3n) is 4.75. The predicted octanol–water partition coefficient (Wildman–Crippen LogP) is 5.41. The first-order chi connectivity index (χ1) is 14.0. The van der Waals surface area contributed by atoms with E-state index in [1.165, 1.54) is 0 Å². The standard InChI is InChI=1S/C24H28N2O3/c1-4-5-20(13-23(27)28)19-6-8-22(9-7-19)29-16-18-12-21-10-11-26(15-17(2)3)24(21)25-14-18/h4-12,14,17,20H,13,15-16H2,1-3H3,(H,27,28)/t20-/m1/s1. The highest BCUT2D eigenvalue weighted by Gasteiger charge is 2.12. The number of pyridine rings is 1. The summed E-state index contributed by atoms with van der Waals surface area (Å²) in [6.45, 7) is 7.68. The first-order valence-electron chi connectivity index (χ1n) is 9.97. The fourth-order valence-corrected chi connectivity index (χ4v) is 3.44. The minimum Gasteiger partial charge on any atom is -0.489 e. The fraction of sp³-hybridized carbons (Fsp3) is 0.333. The van der Waals surface area contributed by atoms with Crippen molar-refractivity contribution in [3.8, 4) is 5.75 Å². The normalized spacial score (nSPS) is 12.7. The van der Waals surface area contributed by atoms with E-state index in [4.69, 9.17) is 9.84 Å². The van der Waals surface area contributed by atoms with E-state index in [-0.39, 0.29) is 12.3 Å². The van der Waals surface area contributed by atoms with E-state index >= 15 is 0 Å². The van der Waals surface area contributed by atoms with Gasteiger partial charge in [-0.3, -0.25) is 4.79 Å². The number of nitrogens with zero attached hydrogens (tertiary/aromatic N) is 2. The van der Waals surface area contributed by atoms with Gasteiger partial charge in [-0.1, -0.05) is 38.1 Å². The van der Waals surface area contributed by atoms with Crippen molar-refractivity contribution < 1.29 is 14.6 Å². The molecule has 1 atom stereocenters. The summed E-state index contributed by atoms with van der Waals surface area (Å²) in [6.07, 6.45) is 7.82.